The van der Waals surface area contributed by atoms with Crippen LogP contribution in [-0.2, 0) is 4.79 Å². The molecule has 2 N–H and O–H groups in total. The third kappa shape index (κ3) is 2.77. The third-order valence-electron chi connectivity index (χ3n) is 3.59. The van der Waals surface area contributed by atoms with Crippen LogP contribution in [0, 0.1) is 0 Å². The lowest BCUT2D eigenvalue weighted by molar-refractivity contribution is -0.123. The van der Waals surface area contributed by atoms with E-state index in [9.17, 15) is 19.8 Å². The Labute approximate surface area is 138 Å². The number of benzene rings is 2. The zero-order chi connectivity index (χ0) is 17.3. The van der Waals surface area contributed by atoms with E-state index in [1.54, 1.807) is 37.3 Å². The summed E-state index contributed by atoms with van der Waals surface area (Å²) in [5.41, 5.74) is 1.39. The Hall–Kier alpha value is -3.41. The molecule has 2 aromatic carbocycles. The van der Waals surface area contributed by atoms with Crippen LogP contribution >= 0.6 is 0 Å². The molecule has 0 saturated heterocycles. The second-order valence-corrected chi connectivity index (χ2v) is 5.27. The molecule has 0 atom stereocenters. The minimum atomic E-state index is -0.688. The highest BCUT2D eigenvalue weighted by Gasteiger charge is 2.33. The average molecular weight is 322 g/mol. The van der Waals surface area contributed by atoms with Crippen LogP contribution < -0.4 is 0 Å². The van der Waals surface area contributed by atoms with E-state index >= 15 is 0 Å². The van der Waals surface area contributed by atoms with Crippen molar-refractivity contribution in [2.75, 3.05) is 0 Å². The van der Waals surface area contributed by atoms with Crippen LogP contribution in [-0.4, -0.2) is 32.7 Å². The molecular formula is C18H14N2O4. The summed E-state index contributed by atoms with van der Waals surface area (Å²) >= 11 is 0. The third-order valence-corrected chi connectivity index (χ3v) is 3.59. The van der Waals surface area contributed by atoms with Crippen LogP contribution in [0.3, 0.4) is 0 Å². The molecule has 1 aliphatic heterocycles. The van der Waals surface area contributed by atoms with Gasteiger partial charge in [0.25, 0.3) is 11.8 Å². The smallest absolute Gasteiger partial charge is 0.285 e. The molecule has 0 aromatic heterocycles. The van der Waals surface area contributed by atoms with Crippen LogP contribution in [0.4, 0.5) is 0 Å². The van der Waals surface area contributed by atoms with Crippen molar-refractivity contribution in [2.24, 2.45) is 5.10 Å². The second-order valence-electron chi connectivity index (χ2n) is 5.27. The fraction of sp³-hybridized carbons (Fsp3) is 0.0556. The van der Waals surface area contributed by atoms with Crippen molar-refractivity contribution >= 4 is 23.6 Å². The molecule has 3 rings (SSSR count). The molecule has 0 fully saturated rings. The van der Waals surface area contributed by atoms with Crippen LogP contribution in [0.25, 0.3) is 6.08 Å². The normalized spacial score (nSPS) is 15.7. The van der Waals surface area contributed by atoms with E-state index in [0.29, 0.717) is 11.3 Å². The van der Waals surface area contributed by atoms with Gasteiger partial charge < -0.3 is 10.2 Å². The van der Waals surface area contributed by atoms with Crippen molar-refractivity contribution in [2.45, 2.75) is 6.92 Å². The summed E-state index contributed by atoms with van der Waals surface area (Å²) in [6, 6.07) is 12.3. The van der Waals surface area contributed by atoms with Crippen LogP contribution in [0.1, 0.15) is 22.8 Å². The van der Waals surface area contributed by atoms with Crippen molar-refractivity contribution in [1.82, 2.24) is 5.01 Å². The van der Waals surface area contributed by atoms with Gasteiger partial charge in [0.1, 0.15) is 11.5 Å². The number of amides is 2. The van der Waals surface area contributed by atoms with Gasteiger partial charge in [-0.15, -0.1) is 0 Å². The summed E-state index contributed by atoms with van der Waals surface area (Å²) in [6.45, 7) is 1.63. The van der Waals surface area contributed by atoms with E-state index in [2.05, 4.69) is 5.10 Å². The number of para-hydroxylation sites is 1. The summed E-state index contributed by atoms with van der Waals surface area (Å²) in [4.78, 5) is 24.9. The molecule has 120 valence electrons. The van der Waals surface area contributed by atoms with E-state index in [1.807, 2.05) is 0 Å². The number of nitrogens with zero attached hydrogens (tertiary/aromatic N) is 2. The molecule has 0 bridgehead atoms. The van der Waals surface area contributed by atoms with Gasteiger partial charge in [-0.25, -0.2) is 0 Å². The van der Waals surface area contributed by atoms with Gasteiger partial charge in [-0.2, -0.15) is 10.1 Å². The molecule has 2 aromatic rings. The molecule has 6 heteroatoms. The van der Waals surface area contributed by atoms with E-state index in [0.717, 1.165) is 5.01 Å². The lowest BCUT2D eigenvalue weighted by Crippen LogP contribution is -2.29. The number of phenols is 2. The molecule has 6 nitrogen and oxygen atoms in total. The van der Waals surface area contributed by atoms with Gasteiger partial charge >= 0.3 is 0 Å². The maximum absolute atomic E-state index is 12.5. The van der Waals surface area contributed by atoms with Gasteiger partial charge in [-0.05, 0) is 42.8 Å². The summed E-state index contributed by atoms with van der Waals surface area (Å²) in [5, 5.41) is 23.8. The minimum Gasteiger partial charge on any atom is -0.508 e. The molecular weight excluding hydrogens is 308 g/mol. The lowest BCUT2D eigenvalue weighted by Gasteiger charge is -2.10. The number of imide groups is 1. The summed E-state index contributed by atoms with van der Waals surface area (Å²) in [5.74, 6) is -1.34. The number of carbonyl (C=O) groups is 2. The molecule has 0 unspecified atom stereocenters. The Morgan fingerprint density at radius 3 is 2.42 bits per heavy atom. The van der Waals surface area contributed by atoms with Crippen molar-refractivity contribution in [3.05, 3.63) is 65.2 Å². The Morgan fingerprint density at radius 2 is 1.75 bits per heavy atom. The van der Waals surface area contributed by atoms with Crippen LogP contribution in [0.5, 0.6) is 11.5 Å². The van der Waals surface area contributed by atoms with Gasteiger partial charge in [0.05, 0.1) is 16.8 Å². The Kier molecular flexibility index (Phi) is 3.87. The highest BCUT2D eigenvalue weighted by atomic mass is 16.3. The molecule has 0 saturated carbocycles. The first-order valence-electron chi connectivity index (χ1n) is 7.20. The second kappa shape index (κ2) is 6.00. The largest absolute Gasteiger partial charge is 0.508 e. The minimum absolute atomic E-state index is 0.00767. The first-order valence-corrected chi connectivity index (χ1v) is 7.20. The fourth-order valence-corrected chi connectivity index (χ4v) is 2.33. The zero-order valence-corrected chi connectivity index (χ0v) is 12.8. The van der Waals surface area contributed by atoms with Crippen molar-refractivity contribution in [3.63, 3.8) is 0 Å². The Balaban J connectivity index is 1.92. The number of carbonyl (C=O) groups excluding carboxylic acids is 2. The number of aromatic hydroxyl groups is 2. The number of hydrogen-bond acceptors (Lipinski definition) is 5. The number of hydrogen-bond donors (Lipinski definition) is 2. The fourth-order valence-electron chi connectivity index (χ4n) is 2.33. The van der Waals surface area contributed by atoms with E-state index < -0.39 is 11.8 Å². The number of rotatable bonds is 2. The predicted molar refractivity (Wildman–Crippen MR) is 88.5 cm³/mol. The monoisotopic (exact) mass is 322 g/mol. The van der Waals surface area contributed by atoms with Crippen molar-refractivity contribution < 1.29 is 19.8 Å². The Morgan fingerprint density at radius 1 is 1.08 bits per heavy atom. The van der Waals surface area contributed by atoms with Gasteiger partial charge in [0.15, 0.2) is 0 Å². The molecule has 24 heavy (non-hydrogen) atoms. The molecule has 0 spiro atoms. The van der Waals surface area contributed by atoms with Crippen LogP contribution in [0.15, 0.2) is 59.2 Å². The maximum Gasteiger partial charge on any atom is 0.285 e. The summed E-state index contributed by atoms with van der Waals surface area (Å²) in [7, 11) is 0. The molecule has 1 heterocycles. The maximum atomic E-state index is 12.5. The van der Waals surface area contributed by atoms with Gasteiger partial charge in [0.2, 0.25) is 0 Å². The zero-order valence-electron chi connectivity index (χ0n) is 12.8. The van der Waals surface area contributed by atoms with Gasteiger partial charge in [-0.1, -0.05) is 24.3 Å². The Bertz CT molecular complexity index is 882. The van der Waals surface area contributed by atoms with Gasteiger partial charge in [0, 0.05) is 0 Å². The quantitative estimate of drug-likeness (QED) is 0.657. The number of phenolic OH excluding ortho intramolecular Hbond substituents is 2. The molecule has 0 aliphatic carbocycles. The first-order chi connectivity index (χ1) is 11.5. The van der Waals surface area contributed by atoms with Crippen molar-refractivity contribution in [1.29, 1.82) is 0 Å². The predicted octanol–water partition coefficient (Wildman–Crippen LogP) is 2.54. The molecule has 0 radical (unpaired) electrons. The van der Waals surface area contributed by atoms with Crippen LogP contribution in [0.2, 0.25) is 0 Å². The topological polar surface area (TPSA) is 90.2 Å². The SMILES string of the molecule is CC1=NN(C(=O)c2ccccc2O)C(=O)/C1=C/c1ccc(O)cc1. The van der Waals surface area contributed by atoms with Crippen molar-refractivity contribution in [3.8, 4) is 11.5 Å². The molecule has 2 amide bonds. The highest BCUT2D eigenvalue weighted by molar-refractivity contribution is 6.30. The van der Waals surface area contributed by atoms with Gasteiger partial charge in [-0.3, -0.25) is 9.59 Å². The molecule has 1 aliphatic rings. The number of hydrazone groups is 1. The van der Waals surface area contributed by atoms with E-state index in [1.165, 1.54) is 24.3 Å². The standard InChI is InChI=1S/C18H14N2O4/c1-11-15(10-12-6-8-13(21)9-7-12)18(24)20(19-11)17(23)14-4-2-3-5-16(14)22/h2-10,21-22H,1H3/b15-10+. The van der Waals surface area contributed by atoms with E-state index in [4.69, 9.17) is 0 Å². The average Bonchev–Trinajstić information content (AvgIpc) is 2.85. The first kappa shape index (κ1) is 15.5. The van der Waals surface area contributed by atoms with E-state index in [-0.39, 0.29) is 22.6 Å². The highest BCUT2D eigenvalue weighted by Crippen LogP contribution is 2.24. The lowest BCUT2D eigenvalue weighted by atomic mass is 10.1. The summed E-state index contributed by atoms with van der Waals surface area (Å²) in [6.07, 6.45) is 1.60. The summed E-state index contributed by atoms with van der Waals surface area (Å²) < 4.78 is 0.